The van der Waals surface area contributed by atoms with Crippen LogP contribution < -0.4 is 15.5 Å². The standard InChI is InChI=1S/C24H31N5O4/c30-21-4-3-20(23(32)26-21)29-15-17-14-18(1-2-19(17)24(29)33)27-9-11-28(12-10-27)22(31)13-16-5-7-25-8-6-16/h1-2,14,16,20,25H,3-13,15H2,(H,26,30,32). The molecule has 1 aromatic carbocycles. The Morgan fingerprint density at radius 2 is 1.76 bits per heavy atom. The lowest BCUT2D eigenvalue weighted by molar-refractivity contribution is -0.137. The van der Waals surface area contributed by atoms with Crippen LogP contribution in [0.1, 0.15) is 48.0 Å². The molecular formula is C24H31N5O4. The first-order valence-corrected chi connectivity index (χ1v) is 12.0. The van der Waals surface area contributed by atoms with Crippen LogP contribution in [-0.4, -0.2) is 78.7 Å². The molecule has 33 heavy (non-hydrogen) atoms. The summed E-state index contributed by atoms with van der Waals surface area (Å²) in [6.07, 6.45) is 3.43. The molecule has 0 aromatic heterocycles. The molecule has 4 aliphatic rings. The Kier molecular flexibility index (Phi) is 6.05. The van der Waals surface area contributed by atoms with Gasteiger partial charge in [0.05, 0.1) is 0 Å². The molecule has 1 aromatic rings. The molecule has 0 radical (unpaired) electrons. The van der Waals surface area contributed by atoms with Gasteiger partial charge in [0, 0.05) is 56.8 Å². The quantitative estimate of drug-likeness (QED) is 0.644. The molecule has 2 N–H and O–H groups in total. The van der Waals surface area contributed by atoms with Crippen LogP contribution in [-0.2, 0) is 20.9 Å². The molecule has 0 bridgehead atoms. The fraction of sp³-hybridized carbons (Fsp3) is 0.583. The van der Waals surface area contributed by atoms with Gasteiger partial charge in [0.1, 0.15) is 6.04 Å². The van der Waals surface area contributed by atoms with Gasteiger partial charge in [-0.2, -0.15) is 0 Å². The van der Waals surface area contributed by atoms with Gasteiger partial charge >= 0.3 is 0 Å². The van der Waals surface area contributed by atoms with E-state index in [-0.39, 0.29) is 24.1 Å². The van der Waals surface area contributed by atoms with Crippen molar-refractivity contribution in [2.45, 2.75) is 44.7 Å². The Labute approximate surface area is 193 Å². The Morgan fingerprint density at radius 1 is 1.00 bits per heavy atom. The minimum atomic E-state index is -0.597. The maximum absolute atomic E-state index is 12.9. The summed E-state index contributed by atoms with van der Waals surface area (Å²) >= 11 is 0. The number of anilines is 1. The van der Waals surface area contributed by atoms with E-state index in [9.17, 15) is 19.2 Å². The van der Waals surface area contributed by atoms with Crippen LogP contribution in [0.15, 0.2) is 18.2 Å². The van der Waals surface area contributed by atoms with Gasteiger partial charge in [-0.25, -0.2) is 0 Å². The molecule has 0 spiro atoms. The largest absolute Gasteiger partial charge is 0.368 e. The molecule has 5 rings (SSSR count). The molecule has 4 amide bonds. The first-order valence-electron chi connectivity index (χ1n) is 12.0. The van der Waals surface area contributed by atoms with Crippen LogP contribution in [0, 0.1) is 5.92 Å². The van der Waals surface area contributed by atoms with Gasteiger partial charge in [0.2, 0.25) is 17.7 Å². The summed E-state index contributed by atoms with van der Waals surface area (Å²) in [6, 6.07) is 5.23. The van der Waals surface area contributed by atoms with Crippen LogP contribution in [0.25, 0.3) is 0 Å². The number of imide groups is 1. The Hall–Kier alpha value is -2.94. The van der Waals surface area contributed by atoms with E-state index < -0.39 is 11.9 Å². The van der Waals surface area contributed by atoms with Crippen LogP contribution in [0.4, 0.5) is 5.69 Å². The van der Waals surface area contributed by atoms with E-state index in [1.165, 1.54) is 0 Å². The van der Waals surface area contributed by atoms with E-state index >= 15 is 0 Å². The van der Waals surface area contributed by atoms with E-state index in [1.807, 2.05) is 23.1 Å². The van der Waals surface area contributed by atoms with E-state index in [2.05, 4.69) is 15.5 Å². The van der Waals surface area contributed by atoms with E-state index in [0.717, 1.165) is 50.3 Å². The van der Waals surface area contributed by atoms with Crippen LogP contribution in [0.3, 0.4) is 0 Å². The van der Waals surface area contributed by atoms with Crippen molar-refractivity contribution in [1.29, 1.82) is 0 Å². The van der Waals surface area contributed by atoms with Crippen LogP contribution >= 0.6 is 0 Å². The molecule has 9 nitrogen and oxygen atoms in total. The molecule has 0 aliphatic carbocycles. The van der Waals surface area contributed by atoms with E-state index in [0.29, 0.717) is 44.0 Å². The molecule has 0 saturated carbocycles. The SMILES string of the molecule is O=C1CCC(N2Cc3cc(N4CCN(C(=O)CC5CCNCC5)CC4)ccc3C2=O)C(=O)N1. The van der Waals surface area contributed by atoms with Gasteiger partial charge in [-0.1, -0.05) is 0 Å². The highest BCUT2D eigenvalue weighted by Gasteiger charge is 2.39. The fourth-order valence-corrected chi connectivity index (χ4v) is 5.43. The number of carbonyl (C=O) groups is 4. The number of rotatable bonds is 4. The molecular weight excluding hydrogens is 422 g/mol. The van der Waals surface area contributed by atoms with Crippen molar-refractivity contribution in [1.82, 2.24) is 20.4 Å². The summed E-state index contributed by atoms with van der Waals surface area (Å²) in [7, 11) is 0. The third-order valence-electron chi connectivity index (χ3n) is 7.43. The van der Waals surface area contributed by atoms with Gasteiger partial charge in [0.15, 0.2) is 0 Å². The topological polar surface area (TPSA) is 102 Å². The number of hydrogen-bond acceptors (Lipinski definition) is 6. The average Bonchev–Trinajstić information content (AvgIpc) is 3.15. The number of amides is 4. The predicted octanol–water partition coefficient (Wildman–Crippen LogP) is 0.486. The Balaban J connectivity index is 1.19. The molecule has 3 saturated heterocycles. The summed E-state index contributed by atoms with van der Waals surface area (Å²) in [6.45, 7) is 5.34. The lowest BCUT2D eigenvalue weighted by Crippen LogP contribution is -2.52. The summed E-state index contributed by atoms with van der Waals surface area (Å²) in [5.74, 6) is -0.0623. The monoisotopic (exact) mass is 453 g/mol. The normalized spacial score (nSPS) is 24.2. The smallest absolute Gasteiger partial charge is 0.255 e. The number of piperazine rings is 1. The second-order valence-corrected chi connectivity index (χ2v) is 9.51. The lowest BCUT2D eigenvalue weighted by Gasteiger charge is -2.37. The van der Waals surface area contributed by atoms with Crippen molar-refractivity contribution in [2.75, 3.05) is 44.2 Å². The van der Waals surface area contributed by atoms with Crippen molar-refractivity contribution in [3.8, 4) is 0 Å². The minimum Gasteiger partial charge on any atom is -0.368 e. The van der Waals surface area contributed by atoms with Crippen molar-refractivity contribution in [3.63, 3.8) is 0 Å². The van der Waals surface area contributed by atoms with Gasteiger partial charge < -0.3 is 20.0 Å². The first kappa shape index (κ1) is 21.9. The van der Waals surface area contributed by atoms with Gasteiger partial charge in [-0.3, -0.25) is 24.5 Å². The van der Waals surface area contributed by atoms with Crippen molar-refractivity contribution < 1.29 is 19.2 Å². The predicted molar refractivity (Wildman–Crippen MR) is 121 cm³/mol. The maximum Gasteiger partial charge on any atom is 0.255 e. The molecule has 4 aliphatic heterocycles. The number of hydrogen-bond donors (Lipinski definition) is 2. The second-order valence-electron chi connectivity index (χ2n) is 9.51. The first-order chi connectivity index (χ1) is 16.0. The number of benzene rings is 1. The summed E-state index contributed by atoms with van der Waals surface area (Å²) in [4.78, 5) is 55.1. The number of nitrogens with one attached hydrogen (secondary N) is 2. The van der Waals surface area contributed by atoms with Gasteiger partial charge in [-0.15, -0.1) is 0 Å². The van der Waals surface area contributed by atoms with Crippen molar-refractivity contribution in [2.24, 2.45) is 5.92 Å². The molecule has 4 heterocycles. The minimum absolute atomic E-state index is 0.153. The lowest BCUT2D eigenvalue weighted by atomic mass is 9.94. The van der Waals surface area contributed by atoms with Crippen LogP contribution in [0.2, 0.25) is 0 Å². The number of fused-ring (bicyclic) bond motifs is 1. The highest BCUT2D eigenvalue weighted by atomic mass is 16.2. The second kappa shape index (κ2) is 9.13. The third-order valence-corrected chi connectivity index (χ3v) is 7.43. The number of piperidine rings is 2. The Morgan fingerprint density at radius 3 is 2.48 bits per heavy atom. The van der Waals surface area contributed by atoms with Crippen LogP contribution in [0.5, 0.6) is 0 Å². The zero-order valence-electron chi connectivity index (χ0n) is 18.8. The Bertz CT molecular complexity index is 966. The zero-order chi connectivity index (χ0) is 22.9. The highest BCUT2D eigenvalue weighted by molar-refractivity contribution is 6.05. The summed E-state index contributed by atoms with van der Waals surface area (Å²) < 4.78 is 0. The number of carbonyl (C=O) groups excluding carboxylic acids is 4. The molecule has 3 fully saturated rings. The maximum atomic E-state index is 12.9. The zero-order valence-corrected chi connectivity index (χ0v) is 18.8. The molecule has 1 atom stereocenters. The van der Waals surface area contributed by atoms with Crippen molar-refractivity contribution in [3.05, 3.63) is 29.3 Å². The van der Waals surface area contributed by atoms with Gasteiger partial charge in [-0.05, 0) is 62.0 Å². The average molecular weight is 454 g/mol. The molecule has 1 unspecified atom stereocenters. The van der Waals surface area contributed by atoms with E-state index in [4.69, 9.17) is 0 Å². The third kappa shape index (κ3) is 4.46. The summed E-state index contributed by atoms with van der Waals surface area (Å²) in [5, 5.41) is 5.69. The number of nitrogens with zero attached hydrogens (tertiary/aromatic N) is 3. The van der Waals surface area contributed by atoms with Gasteiger partial charge in [0.25, 0.3) is 5.91 Å². The fourth-order valence-electron chi connectivity index (χ4n) is 5.43. The molecule has 9 heteroatoms. The molecule has 176 valence electrons. The van der Waals surface area contributed by atoms with E-state index in [1.54, 1.807) is 4.90 Å². The highest BCUT2D eigenvalue weighted by Crippen LogP contribution is 2.31. The summed E-state index contributed by atoms with van der Waals surface area (Å²) in [5.41, 5.74) is 2.57. The van der Waals surface area contributed by atoms with Crippen molar-refractivity contribution >= 4 is 29.3 Å².